The number of sulfonamides is 1. The second kappa shape index (κ2) is 9.23. The molecule has 2 amide bonds. The van der Waals surface area contributed by atoms with Gasteiger partial charge in [-0.1, -0.05) is 18.2 Å². The highest BCUT2D eigenvalue weighted by Crippen LogP contribution is 2.20. The first kappa shape index (κ1) is 21.1. The van der Waals surface area contributed by atoms with Crippen LogP contribution in [0.5, 0.6) is 0 Å². The van der Waals surface area contributed by atoms with Crippen LogP contribution in [-0.4, -0.2) is 56.0 Å². The van der Waals surface area contributed by atoms with Crippen molar-refractivity contribution in [3.63, 3.8) is 0 Å². The summed E-state index contributed by atoms with van der Waals surface area (Å²) in [6.07, 6.45) is 0.886. The molecule has 156 valence electrons. The topological polar surface area (TPSA) is 118 Å². The Kier molecular flexibility index (Phi) is 6.70. The number of anilines is 1. The van der Waals surface area contributed by atoms with E-state index >= 15 is 0 Å². The Labute approximate surface area is 173 Å². The van der Waals surface area contributed by atoms with Gasteiger partial charge in [0.15, 0.2) is 5.13 Å². The first-order valence-corrected chi connectivity index (χ1v) is 11.5. The molecule has 2 heterocycles. The summed E-state index contributed by atoms with van der Waals surface area (Å²) < 4.78 is 32.0. The van der Waals surface area contributed by atoms with Crippen LogP contribution in [0.3, 0.4) is 0 Å². The van der Waals surface area contributed by atoms with Gasteiger partial charge in [-0.3, -0.25) is 9.52 Å². The Morgan fingerprint density at radius 2 is 1.93 bits per heavy atom. The summed E-state index contributed by atoms with van der Waals surface area (Å²) in [5, 5.41) is 4.51. The summed E-state index contributed by atoms with van der Waals surface area (Å²) in [4.78, 5) is 30.0. The van der Waals surface area contributed by atoms with Crippen LogP contribution in [0.4, 0.5) is 9.93 Å². The average Bonchev–Trinajstić information content (AvgIpc) is 3.17. The monoisotopic (exact) mass is 438 g/mol. The van der Waals surface area contributed by atoms with E-state index in [2.05, 4.69) is 15.0 Å². The van der Waals surface area contributed by atoms with Crippen LogP contribution in [0, 0.1) is 0 Å². The number of hydrogen-bond acceptors (Lipinski definition) is 7. The molecule has 0 radical (unpaired) electrons. The molecule has 3 rings (SSSR count). The lowest BCUT2D eigenvalue weighted by Crippen LogP contribution is -2.46. The summed E-state index contributed by atoms with van der Waals surface area (Å²) in [7, 11) is -3.76. The first-order chi connectivity index (χ1) is 13.9. The highest BCUT2D eigenvalue weighted by Gasteiger charge is 2.25. The smallest absolute Gasteiger partial charge is 0.409 e. The third kappa shape index (κ3) is 5.45. The Hall–Kier alpha value is -2.66. The van der Waals surface area contributed by atoms with Gasteiger partial charge in [0.25, 0.3) is 15.9 Å². The van der Waals surface area contributed by atoms with Crippen LogP contribution in [0.1, 0.15) is 30.3 Å². The van der Waals surface area contributed by atoms with Gasteiger partial charge in [-0.05, 0) is 31.9 Å². The molecule has 29 heavy (non-hydrogen) atoms. The quantitative estimate of drug-likeness (QED) is 0.715. The lowest BCUT2D eigenvalue weighted by Gasteiger charge is -2.31. The van der Waals surface area contributed by atoms with Crippen molar-refractivity contribution >= 4 is 38.5 Å². The summed E-state index contributed by atoms with van der Waals surface area (Å²) >= 11 is 1.04. The Bertz CT molecular complexity index is 954. The minimum Gasteiger partial charge on any atom is -0.450 e. The number of amides is 2. The normalized spacial score (nSPS) is 15.0. The number of thiazole rings is 1. The Morgan fingerprint density at radius 1 is 1.24 bits per heavy atom. The van der Waals surface area contributed by atoms with E-state index < -0.39 is 10.0 Å². The van der Waals surface area contributed by atoms with Gasteiger partial charge < -0.3 is 15.0 Å². The van der Waals surface area contributed by atoms with Crippen LogP contribution < -0.4 is 10.0 Å². The van der Waals surface area contributed by atoms with Crippen LogP contribution in [0.2, 0.25) is 0 Å². The fourth-order valence-electron chi connectivity index (χ4n) is 2.88. The summed E-state index contributed by atoms with van der Waals surface area (Å²) in [5.41, 5.74) is 0.147. The van der Waals surface area contributed by atoms with Gasteiger partial charge >= 0.3 is 6.09 Å². The lowest BCUT2D eigenvalue weighted by molar-refractivity contribution is 0.0857. The van der Waals surface area contributed by atoms with Gasteiger partial charge in [0.1, 0.15) is 5.69 Å². The maximum absolute atomic E-state index is 12.4. The van der Waals surface area contributed by atoms with Crippen molar-refractivity contribution in [1.29, 1.82) is 0 Å². The maximum atomic E-state index is 12.4. The van der Waals surface area contributed by atoms with E-state index in [1.165, 1.54) is 17.5 Å². The van der Waals surface area contributed by atoms with E-state index in [1.54, 1.807) is 30.0 Å². The molecular weight excluding hydrogens is 416 g/mol. The highest BCUT2D eigenvalue weighted by atomic mass is 32.2. The van der Waals surface area contributed by atoms with Crippen molar-refractivity contribution in [2.45, 2.75) is 30.7 Å². The molecule has 9 nitrogen and oxygen atoms in total. The molecule has 0 aliphatic carbocycles. The molecule has 2 N–H and O–H groups in total. The molecule has 1 aromatic heterocycles. The van der Waals surface area contributed by atoms with Crippen molar-refractivity contribution in [3.05, 3.63) is 41.4 Å². The van der Waals surface area contributed by atoms with Crippen LogP contribution in [0.15, 0.2) is 40.6 Å². The SMILES string of the molecule is CCOC(=O)N1CCC(NC(=O)c2csc(NS(=O)(=O)c3ccccc3)n2)CC1. The lowest BCUT2D eigenvalue weighted by atomic mass is 10.1. The molecule has 0 atom stereocenters. The van der Waals surface area contributed by atoms with E-state index in [0.717, 1.165) is 11.3 Å². The molecule has 1 saturated heterocycles. The van der Waals surface area contributed by atoms with Crippen LogP contribution in [-0.2, 0) is 14.8 Å². The number of benzene rings is 1. The number of piperidine rings is 1. The number of ether oxygens (including phenoxy) is 1. The van der Waals surface area contributed by atoms with E-state index in [-0.39, 0.29) is 33.8 Å². The zero-order valence-corrected chi connectivity index (χ0v) is 17.5. The van der Waals surface area contributed by atoms with Gasteiger partial charge in [0.2, 0.25) is 0 Å². The number of likely N-dealkylation sites (tertiary alicyclic amines) is 1. The number of aromatic nitrogens is 1. The molecule has 0 unspecified atom stereocenters. The number of carbonyl (C=O) groups is 2. The van der Waals surface area contributed by atoms with Crippen molar-refractivity contribution in [2.24, 2.45) is 0 Å². The number of carbonyl (C=O) groups excluding carboxylic acids is 2. The highest BCUT2D eigenvalue weighted by molar-refractivity contribution is 7.93. The number of hydrogen-bond donors (Lipinski definition) is 2. The molecule has 1 aliphatic heterocycles. The predicted octanol–water partition coefficient (Wildman–Crippen LogP) is 2.29. The second-order valence-corrected chi connectivity index (χ2v) is 8.93. The summed E-state index contributed by atoms with van der Waals surface area (Å²) in [5.74, 6) is -0.374. The Morgan fingerprint density at radius 3 is 2.59 bits per heavy atom. The Balaban J connectivity index is 1.54. The standard InChI is InChI=1S/C18H22N4O5S2/c1-2-27-18(24)22-10-8-13(9-11-22)19-16(23)15-12-28-17(20-15)21-29(25,26)14-6-4-3-5-7-14/h3-7,12-13H,2,8-11H2,1H3,(H,19,23)(H,20,21). The second-order valence-electron chi connectivity index (χ2n) is 6.39. The fraction of sp³-hybridized carbons (Fsp3) is 0.389. The fourth-order valence-corrected chi connectivity index (χ4v) is 4.84. The predicted molar refractivity (Wildman–Crippen MR) is 108 cm³/mol. The largest absolute Gasteiger partial charge is 0.450 e. The van der Waals surface area contributed by atoms with Crippen molar-refractivity contribution < 1.29 is 22.7 Å². The maximum Gasteiger partial charge on any atom is 0.409 e. The molecule has 1 aliphatic rings. The average molecular weight is 439 g/mol. The van der Waals surface area contributed by atoms with Gasteiger partial charge in [0, 0.05) is 24.5 Å². The third-order valence-corrected chi connectivity index (χ3v) is 6.61. The molecule has 0 bridgehead atoms. The molecule has 1 aromatic carbocycles. The number of rotatable bonds is 6. The third-order valence-electron chi connectivity index (χ3n) is 4.37. The summed E-state index contributed by atoms with van der Waals surface area (Å²) in [6.45, 7) is 3.09. The van der Waals surface area contributed by atoms with Crippen molar-refractivity contribution in [3.8, 4) is 0 Å². The van der Waals surface area contributed by atoms with Crippen molar-refractivity contribution in [2.75, 3.05) is 24.4 Å². The summed E-state index contributed by atoms with van der Waals surface area (Å²) in [6, 6.07) is 7.85. The van der Waals surface area contributed by atoms with E-state index in [4.69, 9.17) is 4.74 Å². The van der Waals surface area contributed by atoms with Gasteiger partial charge in [-0.2, -0.15) is 0 Å². The van der Waals surface area contributed by atoms with E-state index in [1.807, 2.05) is 0 Å². The van der Waals surface area contributed by atoms with Gasteiger partial charge in [0.05, 0.1) is 11.5 Å². The van der Waals surface area contributed by atoms with E-state index in [9.17, 15) is 18.0 Å². The first-order valence-electron chi connectivity index (χ1n) is 9.15. The van der Waals surface area contributed by atoms with E-state index in [0.29, 0.717) is 32.5 Å². The van der Waals surface area contributed by atoms with Gasteiger partial charge in [-0.15, -0.1) is 11.3 Å². The zero-order valence-electron chi connectivity index (χ0n) is 15.8. The molecular formula is C18H22N4O5S2. The molecule has 2 aromatic rings. The minimum atomic E-state index is -3.76. The zero-order chi connectivity index (χ0) is 20.9. The van der Waals surface area contributed by atoms with Crippen LogP contribution >= 0.6 is 11.3 Å². The molecule has 0 saturated carbocycles. The number of nitrogens with one attached hydrogen (secondary N) is 2. The molecule has 0 spiro atoms. The van der Waals surface area contributed by atoms with Gasteiger partial charge in [-0.25, -0.2) is 18.2 Å². The number of nitrogens with zero attached hydrogens (tertiary/aromatic N) is 2. The van der Waals surface area contributed by atoms with Crippen molar-refractivity contribution in [1.82, 2.24) is 15.2 Å². The molecule has 11 heteroatoms. The minimum absolute atomic E-state index is 0.0839. The van der Waals surface area contributed by atoms with Crippen LogP contribution in [0.25, 0.3) is 0 Å². The molecule has 1 fully saturated rings.